The fraction of sp³-hybridized carbons (Fsp3) is 0.417. The zero-order valence-corrected chi connectivity index (χ0v) is 10.8. The second kappa shape index (κ2) is 6.51. The van der Waals surface area contributed by atoms with Crippen LogP contribution < -0.4 is 5.32 Å². The summed E-state index contributed by atoms with van der Waals surface area (Å²) in [4.78, 5) is 0. The summed E-state index contributed by atoms with van der Waals surface area (Å²) in [5, 5.41) is 21.3. The molecule has 16 heavy (non-hydrogen) atoms. The second-order valence-corrected chi connectivity index (χ2v) is 4.48. The van der Waals surface area contributed by atoms with Crippen molar-refractivity contribution in [1.29, 1.82) is 5.26 Å². The van der Waals surface area contributed by atoms with Crippen LogP contribution in [0.15, 0.2) is 22.7 Å². The Hall–Kier alpha value is -1.05. The Morgan fingerprint density at radius 3 is 2.94 bits per heavy atom. The molecule has 0 aliphatic heterocycles. The molecule has 0 amide bonds. The average Bonchev–Trinajstić information content (AvgIpc) is 2.28. The molecular formula is C12H15BrN2O. The Labute approximate surface area is 104 Å². The van der Waals surface area contributed by atoms with Crippen molar-refractivity contribution in [1.82, 2.24) is 5.32 Å². The van der Waals surface area contributed by atoms with Crippen molar-refractivity contribution in [3.05, 3.63) is 28.2 Å². The molecule has 0 radical (unpaired) electrons. The molecule has 0 fully saturated rings. The molecule has 3 nitrogen and oxygen atoms in total. The highest BCUT2D eigenvalue weighted by molar-refractivity contribution is 9.10. The van der Waals surface area contributed by atoms with Crippen molar-refractivity contribution in [3.8, 4) is 11.8 Å². The Morgan fingerprint density at radius 2 is 2.31 bits per heavy atom. The fourth-order valence-corrected chi connectivity index (χ4v) is 1.81. The minimum absolute atomic E-state index is 0.208. The molecule has 0 heterocycles. The summed E-state index contributed by atoms with van der Waals surface area (Å²) in [5.74, 6) is 0.258. The minimum atomic E-state index is 0.208. The van der Waals surface area contributed by atoms with Gasteiger partial charge < -0.3 is 10.4 Å². The maximum absolute atomic E-state index is 9.36. The van der Waals surface area contributed by atoms with E-state index in [-0.39, 0.29) is 11.8 Å². The van der Waals surface area contributed by atoms with Gasteiger partial charge in [0.1, 0.15) is 5.75 Å². The van der Waals surface area contributed by atoms with E-state index < -0.39 is 0 Å². The summed E-state index contributed by atoms with van der Waals surface area (Å²) in [5.41, 5.74) is 0.997. The molecule has 1 atom stereocenters. The number of halogens is 1. The van der Waals surface area contributed by atoms with Gasteiger partial charge in [-0.05, 0) is 30.2 Å². The van der Waals surface area contributed by atoms with Gasteiger partial charge in [0, 0.05) is 17.1 Å². The van der Waals surface area contributed by atoms with Gasteiger partial charge in [0.25, 0.3) is 0 Å². The van der Waals surface area contributed by atoms with Crippen molar-refractivity contribution < 1.29 is 5.11 Å². The van der Waals surface area contributed by atoms with Gasteiger partial charge in [0.05, 0.1) is 12.5 Å². The third kappa shape index (κ3) is 3.84. The van der Waals surface area contributed by atoms with Crippen LogP contribution in [0.1, 0.15) is 25.3 Å². The zero-order valence-electron chi connectivity index (χ0n) is 9.20. The van der Waals surface area contributed by atoms with E-state index in [9.17, 15) is 5.11 Å². The van der Waals surface area contributed by atoms with Crippen LogP contribution in [-0.4, -0.2) is 11.1 Å². The Balaban J connectivity index is 2.60. The number of phenols is 1. The molecule has 1 unspecified atom stereocenters. The first kappa shape index (κ1) is 13.0. The molecule has 0 bridgehead atoms. The molecule has 0 saturated heterocycles. The van der Waals surface area contributed by atoms with E-state index in [1.165, 1.54) is 0 Å². The number of benzene rings is 1. The fourth-order valence-electron chi connectivity index (χ4n) is 1.42. The van der Waals surface area contributed by atoms with E-state index in [2.05, 4.69) is 27.3 Å². The van der Waals surface area contributed by atoms with Crippen LogP contribution in [0.25, 0.3) is 0 Å². The molecule has 0 saturated carbocycles. The highest BCUT2D eigenvalue weighted by Gasteiger charge is 2.06. The van der Waals surface area contributed by atoms with Gasteiger partial charge in [-0.1, -0.05) is 22.9 Å². The molecular weight excluding hydrogens is 268 g/mol. The Bertz CT molecular complexity index is 387. The highest BCUT2D eigenvalue weighted by atomic mass is 79.9. The van der Waals surface area contributed by atoms with Crippen molar-refractivity contribution in [2.24, 2.45) is 0 Å². The number of nitrogens with zero attached hydrogens (tertiary/aromatic N) is 1. The van der Waals surface area contributed by atoms with Crippen LogP contribution in [0.2, 0.25) is 0 Å². The zero-order chi connectivity index (χ0) is 12.0. The van der Waals surface area contributed by atoms with Gasteiger partial charge in [-0.3, -0.25) is 0 Å². The van der Waals surface area contributed by atoms with Crippen LogP contribution in [0.5, 0.6) is 5.75 Å². The minimum Gasteiger partial charge on any atom is -0.508 e. The first-order chi connectivity index (χ1) is 7.67. The largest absolute Gasteiger partial charge is 0.508 e. The molecule has 0 aromatic heterocycles. The standard InChI is InChI=1S/C12H15BrN2O/c1-2-10(5-6-14)15-8-9-7-11(16)3-4-12(9)13/h3-4,7,10,15-16H,2,5,8H2,1H3. The summed E-state index contributed by atoms with van der Waals surface area (Å²) in [6.07, 6.45) is 1.43. The monoisotopic (exact) mass is 282 g/mol. The predicted octanol–water partition coefficient (Wildman–Crippen LogP) is 2.94. The van der Waals surface area contributed by atoms with E-state index >= 15 is 0 Å². The lowest BCUT2D eigenvalue weighted by atomic mass is 10.1. The van der Waals surface area contributed by atoms with Gasteiger partial charge >= 0.3 is 0 Å². The third-order valence-electron chi connectivity index (χ3n) is 2.44. The molecule has 1 aromatic rings. The molecule has 0 spiro atoms. The van der Waals surface area contributed by atoms with Gasteiger partial charge in [0.2, 0.25) is 0 Å². The van der Waals surface area contributed by atoms with Crippen molar-refractivity contribution in [2.45, 2.75) is 32.4 Å². The van der Waals surface area contributed by atoms with Gasteiger partial charge in [-0.15, -0.1) is 0 Å². The summed E-state index contributed by atoms with van der Waals surface area (Å²) >= 11 is 3.43. The predicted molar refractivity (Wildman–Crippen MR) is 67.0 cm³/mol. The summed E-state index contributed by atoms with van der Waals surface area (Å²) < 4.78 is 0.963. The van der Waals surface area contributed by atoms with Crippen molar-refractivity contribution >= 4 is 15.9 Å². The smallest absolute Gasteiger partial charge is 0.115 e. The maximum atomic E-state index is 9.36. The first-order valence-corrected chi connectivity index (χ1v) is 6.04. The highest BCUT2D eigenvalue weighted by Crippen LogP contribution is 2.21. The molecule has 0 aliphatic carbocycles. The second-order valence-electron chi connectivity index (χ2n) is 3.62. The molecule has 86 valence electrons. The van der Waals surface area contributed by atoms with E-state index in [1.807, 2.05) is 13.0 Å². The number of hydrogen-bond donors (Lipinski definition) is 2. The van der Waals surface area contributed by atoms with Crippen LogP contribution >= 0.6 is 15.9 Å². The number of hydrogen-bond acceptors (Lipinski definition) is 3. The van der Waals surface area contributed by atoms with Crippen LogP contribution in [0, 0.1) is 11.3 Å². The van der Waals surface area contributed by atoms with Crippen LogP contribution in [0.3, 0.4) is 0 Å². The Kier molecular flexibility index (Phi) is 5.30. The topological polar surface area (TPSA) is 56.0 Å². The molecule has 0 aliphatic rings. The first-order valence-electron chi connectivity index (χ1n) is 5.25. The molecule has 4 heteroatoms. The number of rotatable bonds is 5. The van der Waals surface area contributed by atoms with Crippen LogP contribution in [-0.2, 0) is 6.54 Å². The van der Waals surface area contributed by atoms with E-state index in [1.54, 1.807) is 12.1 Å². The number of aromatic hydroxyl groups is 1. The van der Waals surface area contributed by atoms with E-state index in [0.29, 0.717) is 13.0 Å². The summed E-state index contributed by atoms with van der Waals surface area (Å²) in [7, 11) is 0. The number of phenolic OH excluding ortho intramolecular Hbond substituents is 1. The van der Waals surface area contributed by atoms with Gasteiger partial charge in [0.15, 0.2) is 0 Å². The molecule has 1 aromatic carbocycles. The van der Waals surface area contributed by atoms with Gasteiger partial charge in [-0.25, -0.2) is 0 Å². The summed E-state index contributed by atoms with van der Waals surface area (Å²) in [6.45, 7) is 2.70. The maximum Gasteiger partial charge on any atom is 0.115 e. The molecule has 2 N–H and O–H groups in total. The van der Waals surface area contributed by atoms with E-state index in [0.717, 1.165) is 16.5 Å². The third-order valence-corrected chi connectivity index (χ3v) is 3.21. The van der Waals surface area contributed by atoms with Crippen LogP contribution in [0.4, 0.5) is 0 Å². The lowest BCUT2D eigenvalue weighted by Crippen LogP contribution is -2.27. The number of nitriles is 1. The SMILES string of the molecule is CCC(CC#N)NCc1cc(O)ccc1Br. The quantitative estimate of drug-likeness (QED) is 0.873. The van der Waals surface area contributed by atoms with Gasteiger partial charge in [-0.2, -0.15) is 5.26 Å². The lowest BCUT2D eigenvalue weighted by molar-refractivity contribution is 0.471. The Morgan fingerprint density at radius 1 is 1.56 bits per heavy atom. The molecule has 1 rings (SSSR count). The van der Waals surface area contributed by atoms with E-state index in [4.69, 9.17) is 5.26 Å². The van der Waals surface area contributed by atoms with Crippen molar-refractivity contribution in [2.75, 3.05) is 0 Å². The summed E-state index contributed by atoms with van der Waals surface area (Å²) in [6, 6.07) is 7.54. The normalized spacial score (nSPS) is 12.1. The number of nitrogens with one attached hydrogen (secondary N) is 1. The average molecular weight is 283 g/mol. The van der Waals surface area contributed by atoms with Crippen molar-refractivity contribution in [3.63, 3.8) is 0 Å². The lowest BCUT2D eigenvalue weighted by Gasteiger charge is -2.14.